The van der Waals surface area contributed by atoms with Crippen molar-refractivity contribution >= 4 is 32.6 Å². The number of rotatable bonds is 4. The van der Waals surface area contributed by atoms with Crippen molar-refractivity contribution in [3.05, 3.63) is 182 Å². The molecular weight excluding hydrogens is 645 g/mol. The molecule has 0 bridgehead atoms. The summed E-state index contributed by atoms with van der Waals surface area (Å²) in [4.78, 5) is 15.5. The summed E-state index contributed by atoms with van der Waals surface area (Å²) in [7, 11) is 0. The summed E-state index contributed by atoms with van der Waals surface area (Å²) in [6, 6.07) is 64.6. The van der Waals surface area contributed by atoms with Crippen molar-refractivity contribution in [3.63, 3.8) is 0 Å². The van der Waals surface area contributed by atoms with Crippen molar-refractivity contribution < 1.29 is 0 Å². The van der Waals surface area contributed by atoms with Crippen LogP contribution < -0.4 is 0 Å². The van der Waals surface area contributed by atoms with Crippen LogP contribution in [0.15, 0.2) is 182 Å². The quantitative estimate of drug-likeness (QED) is 0.187. The topological polar surface area (TPSA) is 43.6 Å². The molecule has 0 saturated carbocycles. The third-order valence-corrected chi connectivity index (χ3v) is 10.6. The molecule has 0 fully saturated rings. The highest BCUT2D eigenvalue weighted by Gasteiger charge is 2.25. The van der Waals surface area contributed by atoms with Gasteiger partial charge in [-0.1, -0.05) is 164 Å². The summed E-state index contributed by atoms with van der Waals surface area (Å²) < 4.78 is 2.23. The number of hydrogen-bond donors (Lipinski definition) is 0. The number of hydrogen-bond acceptors (Lipinski definition) is 3. The lowest BCUT2D eigenvalue weighted by atomic mass is 9.92. The molecule has 1 aliphatic carbocycles. The molecule has 0 saturated heterocycles. The van der Waals surface area contributed by atoms with E-state index in [2.05, 4.69) is 162 Å². The highest BCUT2D eigenvalue weighted by atomic mass is 15.2. The summed E-state index contributed by atoms with van der Waals surface area (Å²) in [5.41, 5.74) is 13.7. The molecule has 4 heteroatoms. The Bertz CT molecular complexity index is 3030. The van der Waals surface area contributed by atoms with Gasteiger partial charge in [0.05, 0.1) is 11.0 Å². The summed E-state index contributed by atoms with van der Waals surface area (Å²) in [6.45, 7) is 0. The molecule has 10 aromatic rings. The van der Waals surface area contributed by atoms with E-state index in [4.69, 9.17) is 15.0 Å². The van der Waals surface area contributed by atoms with E-state index < -0.39 is 0 Å². The smallest absolute Gasteiger partial charge is 0.238 e. The summed E-state index contributed by atoms with van der Waals surface area (Å²) in [6.07, 6.45) is 0. The minimum Gasteiger partial charge on any atom is -0.278 e. The Morgan fingerprint density at radius 3 is 1.55 bits per heavy atom. The van der Waals surface area contributed by atoms with Gasteiger partial charge in [0.2, 0.25) is 5.95 Å². The molecule has 0 spiro atoms. The minimum atomic E-state index is 0.583. The summed E-state index contributed by atoms with van der Waals surface area (Å²) in [5.74, 6) is 1.84. The predicted molar refractivity (Wildman–Crippen MR) is 218 cm³/mol. The highest BCUT2D eigenvalue weighted by molar-refractivity contribution is 6.18. The van der Waals surface area contributed by atoms with Gasteiger partial charge in [0, 0.05) is 21.9 Å². The first kappa shape index (κ1) is 29.5. The van der Waals surface area contributed by atoms with Crippen LogP contribution in [0.25, 0.3) is 106 Å². The van der Waals surface area contributed by atoms with Gasteiger partial charge in [0.15, 0.2) is 11.6 Å². The maximum absolute atomic E-state index is 5.26. The second kappa shape index (κ2) is 11.7. The second-order valence-corrected chi connectivity index (χ2v) is 13.6. The van der Waals surface area contributed by atoms with E-state index in [1.165, 1.54) is 49.7 Å². The van der Waals surface area contributed by atoms with Crippen molar-refractivity contribution in [3.8, 4) is 73.2 Å². The zero-order valence-corrected chi connectivity index (χ0v) is 28.6. The van der Waals surface area contributed by atoms with Gasteiger partial charge >= 0.3 is 0 Å². The van der Waals surface area contributed by atoms with E-state index in [9.17, 15) is 0 Å². The van der Waals surface area contributed by atoms with Gasteiger partial charge in [-0.2, -0.15) is 9.97 Å². The van der Waals surface area contributed by atoms with Crippen molar-refractivity contribution in [2.45, 2.75) is 0 Å². The number of aromatic nitrogens is 4. The number of benzene rings is 8. The molecule has 2 heterocycles. The highest BCUT2D eigenvalue weighted by Crippen LogP contribution is 2.49. The van der Waals surface area contributed by atoms with E-state index in [-0.39, 0.29) is 0 Å². The normalized spacial score (nSPS) is 11.8. The van der Waals surface area contributed by atoms with Gasteiger partial charge < -0.3 is 0 Å². The fourth-order valence-electron chi connectivity index (χ4n) is 8.17. The number of para-hydroxylation sites is 1. The fraction of sp³-hybridized carbons (Fsp3) is 0. The molecule has 0 radical (unpaired) electrons. The van der Waals surface area contributed by atoms with Crippen LogP contribution in [0.5, 0.6) is 0 Å². The zero-order chi connectivity index (χ0) is 34.9. The molecule has 4 nitrogen and oxygen atoms in total. The number of nitrogens with zero attached hydrogens (tertiary/aromatic N) is 4. The maximum Gasteiger partial charge on any atom is 0.238 e. The molecule has 8 aromatic carbocycles. The molecule has 2 aromatic heterocycles. The van der Waals surface area contributed by atoms with Crippen LogP contribution in [0.3, 0.4) is 0 Å². The number of fused-ring (bicyclic) bond motifs is 8. The predicted octanol–water partition coefficient (Wildman–Crippen LogP) is 12.4. The first-order valence-corrected chi connectivity index (χ1v) is 18.0. The SMILES string of the molecule is c1ccc(-c2ccc(-c3nc(-c4ccccc4)nc(-n4c5ccccc5c5cc6c(cc54)-c4cccc5cccc(c45)-c4ccccc4-6)n3)cc2)cc1. The lowest BCUT2D eigenvalue weighted by molar-refractivity contribution is 0.953. The Hall–Kier alpha value is -7.17. The van der Waals surface area contributed by atoms with Gasteiger partial charge in [-0.15, -0.1) is 0 Å². The van der Waals surface area contributed by atoms with E-state index >= 15 is 0 Å². The van der Waals surface area contributed by atoms with Gasteiger partial charge in [0.25, 0.3) is 0 Å². The van der Waals surface area contributed by atoms with Gasteiger partial charge in [-0.05, 0) is 73.5 Å². The van der Waals surface area contributed by atoms with Crippen LogP contribution in [0, 0.1) is 0 Å². The van der Waals surface area contributed by atoms with E-state index in [1.807, 2.05) is 24.3 Å². The lowest BCUT2D eigenvalue weighted by Crippen LogP contribution is -2.06. The Balaban J connectivity index is 1.20. The van der Waals surface area contributed by atoms with Crippen molar-refractivity contribution in [2.24, 2.45) is 0 Å². The Kier molecular flexibility index (Phi) is 6.52. The lowest BCUT2D eigenvalue weighted by Gasteiger charge is -2.14. The van der Waals surface area contributed by atoms with Crippen LogP contribution in [-0.4, -0.2) is 19.5 Å². The van der Waals surface area contributed by atoms with Crippen LogP contribution in [-0.2, 0) is 0 Å². The van der Waals surface area contributed by atoms with Crippen molar-refractivity contribution in [1.29, 1.82) is 0 Å². The molecule has 53 heavy (non-hydrogen) atoms. The van der Waals surface area contributed by atoms with Crippen molar-refractivity contribution in [1.82, 2.24) is 19.5 Å². The van der Waals surface area contributed by atoms with Gasteiger partial charge in [-0.25, -0.2) is 4.98 Å². The van der Waals surface area contributed by atoms with E-state index in [0.29, 0.717) is 17.6 Å². The maximum atomic E-state index is 5.26. The fourth-order valence-corrected chi connectivity index (χ4v) is 8.17. The van der Waals surface area contributed by atoms with Gasteiger partial charge in [0.1, 0.15) is 0 Å². The Morgan fingerprint density at radius 1 is 0.321 bits per heavy atom. The first-order valence-electron chi connectivity index (χ1n) is 18.0. The molecule has 1 aliphatic rings. The van der Waals surface area contributed by atoms with Crippen LogP contribution in [0.2, 0.25) is 0 Å². The average Bonchev–Trinajstić information content (AvgIpc) is 3.50. The molecule has 0 amide bonds. The largest absolute Gasteiger partial charge is 0.278 e. The monoisotopic (exact) mass is 674 g/mol. The second-order valence-electron chi connectivity index (χ2n) is 13.6. The average molecular weight is 675 g/mol. The van der Waals surface area contributed by atoms with Crippen LogP contribution in [0.1, 0.15) is 0 Å². The van der Waals surface area contributed by atoms with Crippen molar-refractivity contribution in [2.75, 3.05) is 0 Å². The van der Waals surface area contributed by atoms with E-state index in [0.717, 1.165) is 38.5 Å². The molecule has 11 rings (SSSR count). The minimum absolute atomic E-state index is 0.583. The first-order chi connectivity index (χ1) is 26.3. The standard InChI is InChI=1S/C49H30N4/c1-3-13-31(14-4-1)32-25-27-35(28-26-32)48-50-47(34-15-5-2-6-16-34)51-49(52-48)53-44-24-10-9-21-38(44)43-29-41-37-20-8-7-19-36(37)39-22-11-17-33-18-12-23-40(46(33)39)42(41)30-45(43)53/h1-30H. The van der Waals surface area contributed by atoms with E-state index in [1.54, 1.807) is 0 Å². The van der Waals surface area contributed by atoms with Gasteiger partial charge in [-0.3, -0.25) is 4.57 Å². The third kappa shape index (κ3) is 4.66. The summed E-state index contributed by atoms with van der Waals surface area (Å²) >= 11 is 0. The third-order valence-electron chi connectivity index (χ3n) is 10.6. The molecule has 0 aliphatic heterocycles. The molecule has 246 valence electrons. The van der Waals surface area contributed by atoms with Crippen LogP contribution >= 0.6 is 0 Å². The zero-order valence-electron chi connectivity index (χ0n) is 28.6. The summed E-state index contributed by atoms with van der Waals surface area (Å²) in [5, 5.41) is 4.81. The Morgan fingerprint density at radius 2 is 0.830 bits per heavy atom. The molecule has 0 N–H and O–H groups in total. The van der Waals surface area contributed by atoms with Crippen LogP contribution in [0.4, 0.5) is 0 Å². The molecule has 0 atom stereocenters. The molecular formula is C49H30N4. The Labute approximate surface area is 306 Å². The molecule has 0 unspecified atom stereocenters.